The van der Waals surface area contributed by atoms with Crippen LogP contribution in [0.4, 0.5) is 0 Å². The van der Waals surface area contributed by atoms with Crippen LogP contribution >= 0.6 is 0 Å². The van der Waals surface area contributed by atoms with Crippen molar-refractivity contribution < 1.29 is 14.3 Å². The molecule has 5 rings (SSSR count). The molecule has 1 aromatic heterocycles. The van der Waals surface area contributed by atoms with Crippen molar-refractivity contribution in [3.63, 3.8) is 0 Å². The third-order valence-corrected chi connectivity index (χ3v) is 7.66. The summed E-state index contributed by atoms with van der Waals surface area (Å²) < 4.78 is 5.64. The van der Waals surface area contributed by atoms with Crippen LogP contribution in [0.2, 0.25) is 0 Å². The van der Waals surface area contributed by atoms with E-state index < -0.39 is 0 Å². The van der Waals surface area contributed by atoms with E-state index in [-0.39, 0.29) is 35.4 Å². The van der Waals surface area contributed by atoms with E-state index in [4.69, 9.17) is 9.72 Å². The third kappa shape index (κ3) is 4.21. The number of amides is 2. The van der Waals surface area contributed by atoms with E-state index in [1.165, 1.54) is 6.42 Å². The molecule has 1 N–H and O–H groups in total. The minimum absolute atomic E-state index is 0.0154. The van der Waals surface area contributed by atoms with Crippen molar-refractivity contribution >= 4 is 11.8 Å². The van der Waals surface area contributed by atoms with Crippen LogP contribution in [0.3, 0.4) is 0 Å². The van der Waals surface area contributed by atoms with Crippen LogP contribution in [-0.4, -0.2) is 57.4 Å². The summed E-state index contributed by atoms with van der Waals surface area (Å²) in [5.74, 6) is 0.907. The summed E-state index contributed by atoms with van der Waals surface area (Å²) in [5, 5.41) is 0. The summed E-state index contributed by atoms with van der Waals surface area (Å²) in [4.78, 5) is 50.7. The summed E-state index contributed by atoms with van der Waals surface area (Å²) in [6.45, 7) is 2.28. The molecule has 0 radical (unpaired) electrons. The molecule has 8 nitrogen and oxygen atoms in total. The van der Waals surface area contributed by atoms with Crippen molar-refractivity contribution in [1.29, 1.82) is 0 Å². The maximum Gasteiger partial charge on any atom is 0.254 e. The van der Waals surface area contributed by atoms with Gasteiger partial charge in [-0.3, -0.25) is 14.4 Å². The van der Waals surface area contributed by atoms with Gasteiger partial charge in [0.15, 0.2) is 0 Å². The van der Waals surface area contributed by atoms with Crippen molar-refractivity contribution in [2.75, 3.05) is 19.7 Å². The van der Waals surface area contributed by atoms with Crippen LogP contribution in [-0.2, 0) is 27.3 Å². The van der Waals surface area contributed by atoms with E-state index in [1.807, 2.05) is 9.80 Å². The number of nitrogens with one attached hydrogen (secondary N) is 1. The number of ether oxygens (including phenoxy) is 1. The lowest BCUT2D eigenvalue weighted by Gasteiger charge is -2.37. The van der Waals surface area contributed by atoms with Crippen molar-refractivity contribution in [3.8, 4) is 0 Å². The molecule has 2 amide bonds. The highest BCUT2D eigenvalue weighted by atomic mass is 16.5. The first-order valence-electron chi connectivity index (χ1n) is 12.4. The summed E-state index contributed by atoms with van der Waals surface area (Å²) >= 11 is 0. The Labute approximate surface area is 188 Å². The highest BCUT2D eigenvalue weighted by Gasteiger charge is 2.37. The zero-order chi connectivity index (χ0) is 22.1. The molecular weight excluding hydrogens is 408 g/mol. The lowest BCUT2D eigenvalue weighted by Crippen LogP contribution is -2.46. The van der Waals surface area contributed by atoms with Crippen molar-refractivity contribution in [2.45, 2.75) is 89.3 Å². The number of hydrogen-bond acceptors (Lipinski definition) is 5. The molecule has 3 aliphatic heterocycles. The van der Waals surface area contributed by atoms with Gasteiger partial charge in [-0.05, 0) is 51.4 Å². The van der Waals surface area contributed by atoms with Crippen LogP contribution in [0.1, 0.15) is 87.3 Å². The van der Waals surface area contributed by atoms with Gasteiger partial charge < -0.3 is 19.5 Å². The van der Waals surface area contributed by atoms with Gasteiger partial charge in [0.05, 0.1) is 18.3 Å². The lowest BCUT2D eigenvalue weighted by molar-refractivity contribution is -0.145. The molecule has 2 atom stereocenters. The van der Waals surface area contributed by atoms with Crippen LogP contribution in [0.25, 0.3) is 0 Å². The minimum atomic E-state index is -0.372. The SMILES string of the molecule is O=C(C1CCCCC1)N1CCc2c(nc([C@@H]3CCCCN3C(=O)[C@H]3CCCO3)[nH]c2=O)C1. The topological polar surface area (TPSA) is 95.6 Å². The van der Waals surface area contributed by atoms with Crippen molar-refractivity contribution in [1.82, 2.24) is 19.8 Å². The standard InChI is InChI=1S/C24H34N4O4/c29-22-17-11-13-27(23(30)16-7-2-1-3-8-16)15-18(17)25-21(26-22)19-9-4-5-12-28(19)24(31)20-10-6-14-32-20/h16,19-20H,1-15H2,(H,25,26,29)/t19-,20+/m0/s1. The second-order valence-corrected chi connectivity index (χ2v) is 9.77. The third-order valence-electron chi connectivity index (χ3n) is 7.66. The molecule has 2 saturated heterocycles. The molecule has 4 heterocycles. The quantitative estimate of drug-likeness (QED) is 0.776. The summed E-state index contributed by atoms with van der Waals surface area (Å²) in [7, 11) is 0. The number of fused-ring (bicyclic) bond motifs is 1. The average Bonchev–Trinajstić information content (AvgIpc) is 3.38. The molecule has 8 heteroatoms. The number of aromatic nitrogens is 2. The molecule has 1 saturated carbocycles. The van der Waals surface area contributed by atoms with Gasteiger partial charge in [-0.15, -0.1) is 0 Å². The fourth-order valence-corrected chi connectivity index (χ4v) is 5.85. The molecule has 32 heavy (non-hydrogen) atoms. The van der Waals surface area contributed by atoms with Gasteiger partial charge in [0.25, 0.3) is 11.5 Å². The minimum Gasteiger partial charge on any atom is -0.368 e. The van der Waals surface area contributed by atoms with Gasteiger partial charge in [0.1, 0.15) is 11.9 Å². The van der Waals surface area contributed by atoms with Crippen LogP contribution < -0.4 is 5.56 Å². The Hall–Kier alpha value is -2.22. The number of H-pyrrole nitrogens is 1. The molecule has 0 aromatic carbocycles. The first-order valence-corrected chi connectivity index (χ1v) is 12.4. The van der Waals surface area contributed by atoms with E-state index in [1.54, 1.807) is 0 Å². The molecule has 4 aliphatic rings. The number of nitrogens with zero attached hydrogens (tertiary/aromatic N) is 3. The van der Waals surface area contributed by atoms with Gasteiger partial charge >= 0.3 is 0 Å². The monoisotopic (exact) mass is 442 g/mol. The average molecular weight is 443 g/mol. The number of hydrogen-bond donors (Lipinski definition) is 1. The van der Waals surface area contributed by atoms with Crippen LogP contribution in [0.15, 0.2) is 4.79 Å². The summed E-state index contributed by atoms with van der Waals surface area (Å²) in [6, 6.07) is -0.233. The number of piperidine rings is 1. The predicted octanol–water partition coefficient (Wildman–Crippen LogP) is 2.47. The fourth-order valence-electron chi connectivity index (χ4n) is 5.85. The Kier molecular flexibility index (Phi) is 6.31. The molecule has 1 aromatic rings. The maximum atomic E-state index is 13.1. The van der Waals surface area contributed by atoms with Crippen molar-refractivity contribution in [3.05, 3.63) is 27.4 Å². The van der Waals surface area contributed by atoms with Gasteiger partial charge in [0, 0.05) is 31.2 Å². The van der Waals surface area contributed by atoms with Crippen LogP contribution in [0, 0.1) is 5.92 Å². The highest BCUT2D eigenvalue weighted by Crippen LogP contribution is 2.32. The van der Waals surface area contributed by atoms with E-state index in [2.05, 4.69) is 4.98 Å². The Morgan fingerprint density at radius 1 is 0.938 bits per heavy atom. The zero-order valence-corrected chi connectivity index (χ0v) is 18.8. The maximum absolute atomic E-state index is 13.1. The normalized spacial score (nSPS) is 26.8. The number of carbonyl (C=O) groups excluding carboxylic acids is 2. The molecule has 0 bridgehead atoms. The molecule has 174 valence electrons. The highest BCUT2D eigenvalue weighted by molar-refractivity contribution is 5.81. The first-order chi connectivity index (χ1) is 15.6. The molecular formula is C24H34N4O4. The van der Waals surface area contributed by atoms with Gasteiger partial charge in [-0.2, -0.15) is 0 Å². The second-order valence-electron chi connectivity index (χ2n) is 9.77. The summed E-state index contributed by atoms with van der Waals surface area (Å²) in [5.41, 5.74) is 1.27. The van der Waals surface area contributed by atoms with Gasteiger partial charge in [0.2, 0.25) is 5.91 Å². The Balaban J connectivity index is 1.37. The summed E-state index contributed by atoms with van der Waals surface area (Å²) in [6.07, 6.45) is 9.97. The first kappa shape index (κ1) is 21.6. The Morgan fingerprint density at radius 2 is 1.75 bits per heavy atom. The van der Waals surface area contributed by atoms with Crippen molar-refractivity contribution in [2.24, 2.45) is 5.92 Å². The number of rotatable bonds is 3. The van der Waals surface area contributed by atoms with E-state index >= 15 is 0 Å². The van der Waals surface area contributed by atoms with E-state index in [0.29, 0.717) is 49.7 Å². The molecule has 0 unspecified atom stereocenters. The second kappa shape index (κ2) is 9.33. The van der Waals surface area contributed by atoms with E-state index in [9.17, 15) is 14.4 Å². The Bertz CT molecular complexity index is 917. The lowest BCUT2D eigenvalue weighted by atomic mass is 9.88. The van der Waals surface area contributed by atoms with Gasteiger partial charge in [-0.1, -0.05) is 19.3 Å². The molecule has 1 aliphatic carbocycles. The largest absolute Gasteiger partial charge is 0.368 e. The predicted molar refractivity (Wildman–Crippen MR) is 118 cm³/mol. The number of carbonyl (C=O) groups is 2. The smallest absolute Gasteiger partial charge is 0.254 e. The van der Waals surface area contributed by atoms with Crippen LogP contribution in [0.5, 0.6) is 0 Å². The molecule has 3 fully saturated rings. The molecule has 0 spiro atoms. The van der Waals surface area contributed by atoms with Gasteiger partial charge in [-0.25, -0.2) is 4.98 Å². The Morgan fingerprint density at radius 3 is 2.53 bits per heavy atom. The number of likely N-dealkylation sites (tertiary alicyclic amines) is 1. The number of aromatic amines is 1. The van der Waals surface area contributed by atoms with E-state index in [0.717, 1.165) is 57.8 Å². The fraction of sp³-hybridized carbons (Fsp3) is 0.750. The zero-order valence-electron chi connectivity index (χ0n) is 18.8.